The van der Waals surface area contributed by atoms with Crippen molar-refractivity contribution in [3.05, 3.63) is 44.6 Å². The highest BCUT2D eigenvalue weighted by atomic mass is 16.2. The number of hydrogen-bond acceptors (Lipinski definition) is 5. The maximum absolute atomic E-state index is 13.4. The van der Waals surface area contributed by atoms with E-state index in [0.29, 0.717) is 29.4 Å². The molecule has 2 amide bonds. The fraction of sp³-hybridized carbons (Fsp3) is 0.560. The SMILES string of the molecule is CCCn1c(=O)c2ccc(C(=O)NC3CCCC3)cc2n2c(=O)n(CC(=O)NC3CCCC3)nc12. The molecule has 0 bridgehead atoms. The molecule has 0 saturated heterocycles. The van der Waals surface area contributed by atoms with E-state index in [2.05, 4.69) is 15.7 Å². The van der Waals surface area contributed by atoms with E-state index in [1.807, 2.05) is 6.92 Å². The van der Waals surface area contributed by atoms with Gasteiger partial charge in [0.2, 0.25) is 11.7 Å². The van der Waals surface area contributed by atoms with Crippen LogP contribution in [-0.2, 0) is 17.9 Å². The third-order valence-electron chi connectivity index (χ3n) is 7.19. The number of aromatic nitrogens is 4. The molecular formula is C25H32N6O4. The lowest BCUT2D eigenvalue weighted by atomic mass is 10.1. The standard InChI is InChI=1S/C25H32N6O4/c1-2-13-29-23(34)19-12-11-16(22(33)27-18-9-5-6-10-18)14-20(19)31-24(29)28-30(25(31)35)15-21(32)26-17-7-3-4-8-17/h11-12,14,17-18H,2-10,13,15H2,1H3,(H,26,32)(H,27,33). The average Bonchev–Trinajstić information content (AvgIpc) is 3.60. The molecule has 0 unspecified atom stereocenters. The van der Waals surface area contributed by atoms with Gasteiger partial charge in [0.1, 0.15) is 6.54 Å². The minimum Gasteiger partial charge on any atom is -0.352 e. The Labute approximate surface area is 202 Å². The van der Waals surface area contributed by atoms with Crippen LogP contribution >= 0.6 is 0 Å². The van der Waals surface area contributed by atoms with E-state index in [1.165, 1.54) is 8.97 Å². The van der Waals surface area contributed by atoms with Gasteiger partial charge >= 0.3 is 5.69 Å². The number of hydrogen-bond donors (Lipinski definition) is 2. The minimum absolute atomic E-state index is 0.135. The molecular weight excluding hydrogens is 448 g/mol. The summed E-state index contributed by atoms with van der Waals surface area (Å²) in [5.74, 6) is -0.315. The topological polar surface area (TPSA) is 120 Å². The quantitative estimate of drug-likeness (QED) is 0.536. The first-order chi connectivity index (χ1) is 17.0. The van der Waals surface area contributed by atoms with Crippen LogP contribution in [0.3, 0.4) is 0 Å². The summed E-state index contributed by atoms with van der Waals surface area (Å²) in [6.07, 6.45) is 8.85. The zero-order valence-electron chi connectivity index (χ0n) is 20.1. The Kier molecular flexibility index (Phi) is 6.44. The zero-order valence-corrected chi connectivity index (χ0v) is 20.1. The highest BCUT2D eigenvalue weighted by Gasteiger charge is 2.23. The number of nitrogens with zero attached hydrogens (tertiary/aromatic N) is 4. The van der Waals surface area contributed by atoms with E-state index in [1.54, 1.807) is 18.2 Å². The van der Waals surface area contributed by atoms with Crippen LogP contribution in [0.4, 0.5) is 0 Å². The molecule has 2 aliphatic rings. The summed E-state index contributed by atoms with van der Waals surface area (Å²) in [6.45, 7) is 2.10. The van der Waals surface area contributed by atoms with Gasteiger partial charge < -0.3 is 10.6 Å². The minimum atomic E-state index is -0.509. The van der Waals surface area contributed by atoms with Crippen LogP contribution < -0.4 is 21.9 Å². The van der Waals surface area contributed by atoms with Gasteiger partial charge in [0.05, 0.1) is 10.9 Å². The van der Waals surface area contributed by atoms with Gasteiger partial charge in [-0.1, -0.05) is 32.6 Å². The molecule has 10 heteroatoms. The highest BCUT2D eigenvalue weighted by molar-refractivity contribution is 5.98. The van der Waals surface area contributed by atoms with Crippen LogP contribution in [0.2, 0.25) is 0 Å². The molecule has 186 valence electrons. The van der Waals surface area contributed by atoms with Crippen LogP contribution in [0.5, 0.6) is 0 Å². The lowest BCUT2D eigenvalue weighted by Crippen LogP contribution is -2.37. The Balaban J connectivity index is 1.57. The molecule has 2 aromatic heterocycles. The number of aryl methyl sites for hydroxylation is 1. The fourth-order valence-electron chi connectivity index (χ4n) is 5.40. The first-order valence-electron chi connectivity index (χ1n) is 12.7. The van der Waals surface area contributed by atoms with Gasteiger partial charge in [0, 0.05) is 24.2 Å². The number of carbonyl (C=O) groups is 2. The molecule has 3 aromatic rings. The second-order valence-corrected chi connectivity index (χ2v) is 9.77. The first-order valence-corrected chi connectivity index (χ1v) is 12.7. The molecule has 2 N–H and O–H groups in total. The molecule has 0 atom stereocenters. The summed E-state index contributed by atoms with van der Waals surface area (Å²) in [6, 6.07) is 5.09. The maximum atomic E-state index is 13.4. The van der Waals surface area contributed by atoms with E-state index in [-0.39, 0.29) is 41.8 Å². The van der Waals surface area contributed by atoms with E-state index < -0.39 is 5.69 Å². The molecule has 2 fully saturated rings. The molecule has 10 nitrogen and oxygen atoms in total. The third-order valence-corrected chi connectivity index (χ3v) is 7.19. The Morgan fingerprint density at radius 2 is 1.66 bits per heavy atom. The second kappa shape index (κ2) is 9.67. The van der Waals surface area contributed by atoms with Gasteiger partial charge in [0.25, 0.3) is 11.5 Å². The Bertz CT molecular complexity index is 1390. The monoisotopic (exact) mass is 480 g/mol. The predicted octanol–water partition coefficient (Wildman–Crippen LogP) is 1.95. The van der Waals surface area contributed by atoms with E-state index in [9.17, 15) is 19.2 Å². The van der Waals surface area contributed by atoms with E-state index in [4.69, 9.17) is 0 Å². The van der Waals surface area contributed by atoms with E-state index >= 15 is 0 Å². The van der Waals surface area contributed by atoms with Crippen molar-refractivity contribution in [1.82, 2.24) is 29.4 Å². The van der Waals surface area contributed by atoms with Gasteiger partial charge in [0.15, 0.2) is 0 Å². The van der Waals surface area contributed by atoms with Crippen molar-refractivity contribution in [3.8, 4) is 0 Å². The summed E-state index contributed by atoms with van der Waals surface area (Å²) in [5, 5.41) is 10.7. The molecule has 35 heavy (non-hydrogen) atoms. The van der Waals surface area contributed by atoms with Gasteiger partial charge in [-0.3, -0.25) is 19.0 Å². The number of nitrogens with one attached hydrogen (secondary N) is 2. The van der Waals surface area contributed by atoms with Gasteiger partial charge in [-0.05, 0) is 50.3 Å². The maximum Gasteiger partial charge on any atom is 0.352 e. The Morgan fingerprint density at radius 3 is 2.31 bits per heavy atom. The van der Waals surface area contributed by atoms with Crippen molar-refractivity contribution in [2.24, 2.45) is 0 Å². The lowest BCUT2D eigenvalue weighted by molar-refractivity contribution is -0.122. The van der Waals surface area contributed by atoms with Crippen molar-refractivity contribution >= 4 is 28.5 Å². The summed E-state index contributed by atoms with van der Waals surface area (Å²) < 4.78 is 3.92. The molecule has 2 aliphatic carbocycles. The van der Waals surface area contributed by atoms with Crippen LogP contribution in [0.25, 0.3) is 16.7 Å². The first kappa shape index (κ1) is 23.3. The number of fused-ring (bicyclic) bond motifs is 3. The summed E-state index contributed by atoms with van der Waals surface area (Å²) in [5.41, 5.74) is -0.0738. The van der Waals surface area contributed by atoms with Crippen LogP contribution in [0, 0.1) is 0 Å². The summed E-state index contributed by atoms with van der Waals surface area (Å²) >= 11 is 0. The smallest absolute Gasteiger partial charge is 0.352 e. The summed E-state index contributed by atoms with van der Waals surface area (Å²) in [4.78, 5) is 52.2. The third kappa shape index (κ3) is 4.49. The lowest BCUT2D eigenvalue weighted by Gasteiger charge is -2.13. The van der Waals surface area contributed by atoms with Gasteiger partial charge in [-0.15, -0.1) is 5.10 Å². The molecule has 0 aliphatic heterocycles. The number of rotatable bonds is 7. The average molecular weight is 481 g/mol. The fourth-order valence-corrected chi connectivity index (χ4v) is 5.40. The highest BCUT2D eigenvalue weighted by Crippen LogP contribution is 2.20. The van der Waals surface area contributed by atoms with Crippen LogP contribution in [0.1, 0.15) is 75.1 Å². The summed E-state index contributed by atoms with van der Waals surface area (Å²) in [7, 11) is 0. The van der Waals surface area contributed by atoms with Crippen molar-refractivity contribution in [2.75, 3.05) is 0 Å². The molecule has 2 saturated carbocycles. The van der Waals surface area contributed by atoms with Gasteiger partial charge in [-0.2, -0.15) is 0 Å². The molecule has 1 aromatic carbocycles. The molecule has 2 heterocycles. The predicted molar refractivity (Wildman–Crippen MR) is 132 cm³/mol. The Morgan fingerprint density at radius 1 is 1.00 bits per heavy atom. The van der Waals surface area contributed by atoms with Crippen molar-refractivity contribution in [3.63, 3.8) is 0 Å². The zero-order chi connectivity index (χ0) is 24.5. The largest absolute Gasteiger partial charge is 0.352 e. The Hall–Kier alpha value is -3.43. The molecule has 0 radical (unpaired) electrons. The second-order valence-electron chi connectivity index (χ2n) is 9.77. The van der Waals surface area contributed by atoms with Crippen molar-refractivity contribution in [1.29, 1.82) is 0 Å². The van der Waals surface area contributed by atoms with Crippen LogP contribution in [0.15, 0.2) is 27.8 Å². The normalized spacial score (nSPS) is 16.9. The number of amides is 2. The molecule has 0 spiro atoms. The van der Waals surface area contributed by atoms with Crippen molar-refractivity contribution < 1.29 is 9.59 Å². The number of benzene rings is 1. The number of carbonyl (C=O) groups excluding carboxylic acids is 2. The molecule has 5 rings (SSSR count). The van der Waals surface area contributed by atoms with Gasteiger partial charge in [-0.25, -0.2) is 13.9 Å². The van der Waals surface area contributed by atoms with E-state index in [0.717, 1.165) is 56.0 Å². The van der Waals surface area contributed by atoms with Crippen LogP contribution in [-0.4, -0.2) is 42.6 Å². The van der Waals surface area contributed by atoms with Crippen molar-refractivity contribution in [2.45, 2.75) is 89.9 Å².